The number of aromatic nitrogens is 3. The molecule has 1 atom stereocenters. The number of nitrogens with one attached hydrogen (secondary N) is 1. The second-order valence-corrected chi connectivity index (χ2v) is 10.0. The molecular formula is C21H20N4O5S2. The Morgan fingerprint density at radius 2 is 1.97 bits per heavy atom. The smallest absolute Gasteiger partial charge is 0.339 e. The predicted molar refractivity (Wildman–Crippen MR) is 121 cm³/mol. The molecule has 166 valence electrons. The van der Waals surface area contributed by atoms with Gasteiger partial charge in [0.15, 0.2) is 11.0 Å². The van der Waals surface area contributed by atoms with Crippen LogP contribution in [0.25, 0.3) is 11.0 Å². The highest BCUT2D eigenvalue weighted by atomic mass is 32.2. The minimum Gasteiger partial charge on any atom is -0.497 e. The molecule has 9 nitrogen and oxygen atoms in total. The Morgan fingerprint density at radius 3 is 2.56 bits per heavy atom. The first kappa shape index (κ1) is 21.8. The van der Waals surface area contributed by atoms with Crippen molar-refractivity contribution in [3.63, 3.8) is 0 Å². The summed E-state index contributed by atoms with van der Waals surface area (Å²) in [5, 5.41) is 18.1. The van der Waals surface area contributed by atoms with Crippen LogP contribution in [0.4, 0.5) is 5.69 Å². The van der Waals surface area contributed by atoms with Crippen molar-refractivity contribution in [2.75, 3.05) is 12.4 Å². The highest BCUT2D eigenvalue weighted by Gasteiger charge is 2.32. The molecule has 11 heteroatoms. The lowest BCUT2D eigenvalue weighted by molar-refractivity contribution is 0.0697. The van der Waals surface area contributed by atoms with Gasteiger partial charge in [0.2, 0.25) is 9.84 Å². The maximum absolute atomic E-state index is 13.7. The van der Waals surface area contributed by atoms with Gasteiger partial charge < -0.3 is 15.2 Å². The first-order valence-electron chi connectivity index (χ1n) is 9.47. The molecule has 1 aromatic carbocycles. The van der Waals surface area contributed by atoms with E-state index in [4.69, 9.17) is 4.74 Å². The van der Waals surface area contributed by atoms with Crippen LogP contribution in [0.15, 0.2) is 52.9 Å². The number of methoxy groups -OCH3 is 1. The van der Waals surface area contributed by atoms with E-state index in [1.54, 1.807) is 43.6 Å². The lowest BCUT2D eigenvalue weighted by atomic mass is 10.1. The monoisotopic (exact) mass is 472 g/mol. The number of rotatable bonds is 7. The fraction of sp³-hybridized carbons (Fsp3) is 0.190. The zero-order chi connectivity index (χ0) is 23.0. The minimum atomic E-state index is -3.96. The molecular weight excluding hydrogens is 452 g/mol. The molecule has 0 aliphatic carbocycles. The van der Waals surface area contributed by atoms with Gasteiger partial charge in [0.05, 0.1) is 28.8 Å². The van der Waals surface area contributed by atoms with Crippen LogP contribution in [-0.2, 0) is 16.9 Å². The predicted octanol–water partition coefficient (Wildman–Crippen LogP) is 3.63. The van der Waals surface area contributed by atoms with E-state index >= 15 is 0 Å². The number of hydrogen-bond acceptors (Lipinski definition) is 8. The molecule has 0 amide bonds. The molecule has 0 aliphatic rings. The van der Waals surface area contributed by atoms with Crippen LogP contribution in [0.3, 0.4) is 0 Å². The molecule has 2 N–H and O–H groups in total. The minimum absolute atomic E-state index is 0.0780. The molecule has 1 unspecified atom stereocenters. The number of thiophene rings is 1. The molecule has 0 bridgehead atoms. The van der Waals surface area contributed by atoms with Gasteiger partial charge in [0.1, 0.15) is 11.3 Å². The molecule has 4 rings (SSSR count). The molecule has 0 saturated carbocycles. The van der Waals surface area contributed by atoms with Gasteiger partial charge in [-0.1, -0.05) is 6.07 Å². The normalized spacial score (nSPS) is 12.6. The first-order valence-corrected chi connectivity index (χ1v) is 11.9. The number of aromatic carboxylic acids is 1. The van der Waals surface area contributed by atoms with Crippen LogP contribution in [0.1, 0.15) is 26.3 Å². The van der Waals surface area contributed by atoms with E-state index in [2.05, 4.69) is 15.4 Å². The zero-order valence-corrected chi connectivity index (χ0v) is 19.1. The number of anilines is 1. The second kappa shape index (κ2) is 8.24. The molecule has 32 heavy (non-hydrogen) atoms. The van der Waals surface area contributed by atoms with Gasteiger partial charge in [-0.25, -0.2) is 18.2 Å². The van der Waals surface area contributed by atoms with Gasteiger partial charge in [0.25, 0.3) is 0 Å². The summed E-state index contributed by atoms with van der Waals surface area (Å²) in [4.78, 5) is 16.8. The molecule has 0 fully saturated rings. The number of carboxylic acids is 1. The van der Waals surface area contributed by atoms with Crippen molar-refractivity contribution in [1.29, 1.82) is 0 Å². The summed E-state index contributed by atoms with van der Waals surface area (Å²) in [5.74, 6) is -0.698. The number of fused-ring (bicyclic) bond motifs is 1. The molecule has 3 aromatic heterocycles. The Labute approximate surface area is 188 Å². The highest BCUT2D eigenvalue weighted by Crippen LogP contribution is 2.37. The summed E-state index contributed by atoms with van der Waals surface area (Å²) in [6.45, 7) is 1.72. The van der Waals surface area contributed by atoms with E-state index in [0.29, 0.717) is 27.4 Å². The number of pyridine rings is 1. The number of aryl methyl sites for hydroxylation is 2. The lowest BCUT2D eigenvalue weighted by Crippen LogP contribution is -2.22. The van der Waals surface area contributed by atoms with Crippen molar-refractivity contribution in [2.24, 2.45) is 7.05 Å². The molecule has 0 radical (unpaired) electrons. The van der Waals surface area contributed by atoms with E-state index in [1.165, 1.54) is 41.5 Å². The number of sulfone groups is 1. The lowest BCUT2D eigenvalue weighted by Gasteiger charge is -2.21. The van der Waals surface area contributed by atoms with Crippen LogP contribution >= 0.6 is 11.3 Å². The maximum atomic E-state index is 13.7. The van der Waals surface area contributed by atoms with E-state index in [-0.39, 0.29) is 16.1 Å². The highest BCUT2D eigenvalue weighted by molar-refractivity contribution is 7.92. The molecule has 3 heterocycles. The van der Waals surface area contributed by atoms with Crippen LogP contribution in [0.5, 0.6) is 5.75 Å². The summed E-state index contributed by atoms with van der Waals surface area (Å²) >= 11 is 1.26. The topological polar surface area (TPSA) is 123 Å². The largest absolute Gasteiger partial charge is 0.497 e. The SMILES string of the molecule is COc1ccc(S(=O)(=O)C(Nc2c(C(=O)O)cnc3c2c(C)nn3C)c2cccs2)cc1. The van der Waals surface area contributed by atoms with Crippen molar-refractivity contribution in [3.05, 3.63) is 64.1 Å². The van der Waals surface area contributed by atoms with Gasteiger partial charge >= 0.3 is 5.97 Å². The fourth-order valence-corrected chi connectivity index (χ4v) is 6.14. The number of nitrogens with zero attached hydrogens (tertiary/aromatic N) is 3. The number of carbonyl (C=O) groups is 1. The summed E-state index contributed by atoms with van der Waals surface area (Å²) in [5.41, 5.74) is 0.998. The van der Waals surface area contributed by atoms with Crippen molar-refractivity contribution >= 4 is 43.9 Å². The summed E-state index contributed by atoms with van der Waals surface area (Å²) in [6, 6.07) is 9.50. The summed E-state index contributed by atoms with van der Waals surface area (Å²) < 4.78 is 34.0. The van der Waals surface area contributed by atoms with Crippen LogP contribution in [0, 0.1) is 6.92 Å². The Morgan fingerprint density at radius 1 is 1.25 bits per heavy atom. The first-order chi connectivity index (χ1) is 15.2. The molecule has 0 aliphatic heterocycles. The maximum Gasteiger partial charge on any atom is 0.339 e. The Hall–Kier alpha value is -3.44. The van der Waals surface area contributed by atoms with Gasteiger partial charge in [-0.2, -0.15) is 5.10 Å². The third kappa shape index (κ3) is 3.69. The fourth-order valence-electron chi connectivity index (χ4n) is 3.50. The molecule has 4 aromatic rings. The Kier molecular flexibility index (Phi) is 5.61. The second-order valence-electron chi connectivity index (χ2n) is 7.02. The number of benzene rings is 1. The quantitative estimate of drug-likeness (QED) is 0.418. The third-order valence-corrected chi connectivity index (χ3v) is 8.04. The van der Waals surface area contributed by atoms with Crippen LogP contribution < -0.4 is 10.1 Å². The van der Waals surface area contributed by atoms with Crippen molar-refractivity contribution in [1.82, 2.24) is 14.8 Å². The Balaban J connectivity index is 1.91. The third-order valence-electron chi connectivity index (χ3n) is 5.03. The van der Waals surface area contributed by atoms with Crippen molar-refractivity contribution < 1.29 is 23.1 Å². The zero-order valence-electron chi connectivity index (χ0n) is 17.4. The van der Waals surface area contributed by atoms with Gasteiger partial charge in [-0.3, -0.25) is 4.68 Å². The summed E-state index contributed by atoms with van der Waals surface area (Å²) in [7, 11) is -0.771. The van der Waals surface area contributed by atoms with E-state index in [9.17, 15) is 18.3 Å². The molecule has 0 spiro atoms. The van der Waals surface area contributed by atoms with Crippen molar-refractivity contribution in [3.8, 4) is 5.75 Å². The average molecular weight is 473 g/mol. The van der Waals surface area contributed by atoms with Crippen molar-refractivity contribution in [2.45, 2.75) is 17.2 Å². The summed E-state index contributed by atoms with van der Waals surface area (Å²) in [6.07, 6.45) is 1.21. The average Bonchev–Trinajstić information content (AvgIpc) is 3.40. The van der Waals surface area contributed by atoms with Gasteiger partial charge in [-0.15, -0.1) is 11.3 Å². The number of carboxylic acid groups (broad SMARTS) is 1. The standard InChI is InChI=1S/C21H20N4O5S2/c1-12-17-18(15(21(26)27)11-22-19(17)25(2)24-12)23-20(16-5-4-10-31-16)32(28,29)14-8-6-13(30-3)7-9-14/h4-11,20H,1-3H3,(H,22,23)(H,26,27). The van der Waals surface area contributed by atoms with Crippen LogP contribution in [0.2, 0.25) is 0 Å². The molecule has 0 saturated heterocycles. The van der Waals surface area contributed by atoms with Crippen LogP contribution in [-0.4, -0.2) is 41.4 Å². The van der Waals surface area contributed by atoms with E-state index < -0.39 is 21.2 Å². The number of hydrogen-bond donors (Lipinski definition) is 2. The van der Waals surface area contributed by atoms with E-state index in [1.807, 2.05) is 0 Å². The number of ether oxygens (including phenoxy) is 1. The van der Waals surface area contributed by atoms with Gasteiger partial charge in [0, 0.05) is 18.1 Å². The van der Waals surface area contributed by atoms with E-state index in [0.717, 1.165) is 0 Å². The Bertz CT molecular complexity index is 1390. The van der Waals surface area contributed by atoms with Gasteiger partial charge in [-0.05, 0) is 42.6 Å².